The summed E-state index contributed by atoms with van der Waals surface area (Å²) in [6.07, 6.45) is 3.37. The van der Waals surface area contributed by atoms with E-state index in [1.807, 2.05) is 26.0 Å². The standard InChI is InChI=1S/C16H17N3O2/c1-3-19-11-14(10-17-19)18-16(21)15-7-6-12(2)9-13(15)5-4-8-20/h6-7,9-11,20H,3,8H2,1-2H3,(H,18,21). The van der Waals surface area contributed by atoms with Crippen molar-refractivity contribution in [2.45, 2.75) is 20.4 Å². The molecule has 1 heterocycles. The number of nitrogens with zero attached hydrogens (tertiary/aromatic N) is 2. The molecule has 2 aromatic rings. The minimum absolute atomic E-state index is 0.238. The van der Waals surface area contributed by atoms with Gasteiger partial charge in [-0.25, -0.2) is 0 Å². The van der Waals surface area contributed by atoms with Crippen molar-refractivity contribution in [1.29, 1.82) is 0 Å². The lowest BCUT2D eigenvalue weighted by Crippen LogP contribution is -2.13. The van der Waals surface area contributed by atoms with E-state index in [2.05, 4.69) is 22.3 Å². The molecule has 21 heavy (non-hydrogen) atoms. The molecule has 1 aromatic carbocycles. The van der Waals surface area contributed by atoms with E-state index < -0.39 is 0 Å². The highest BCUT2D eigenvalue weighted by Gasteiger charge is 2.11. The second-order valence-corrected chi connectivity index (χ2v) is 4.55. The van der Waals surface area contributed by atoms with Crippen molar-refractivity contribution in [1.82, 2.24) is 9.78 Å². The topological polar surface area (TPSA) is 67.2 Å². The van der Waals surface area contributed by atoms with Gasteiger partial charge in [0.2, 0.25) is 0 Å². The number of aliphatic hydroxyl groups is 1. The second kappa shape index (κ2) is 6.73. The summed E-state index contributed by atoms with van der Waals surface area (Å²) in [5, 5.41) is 15.7. The van der Waals surface area contributed by atoms with Crippen molar-refractivity contribution >= 4 is 11.6 Å². The average molecular weight is 283 g/mol. The first kappa shape index (κ1) is 14.8. The lowest BCUT2D eigenvalue weighted by atomic mass is 10.0. The Kier molecular flexibility index (Phi) is 4.75. The Morgan fingerprint density at radius 2 is 2.29 bits per heavy atom. The van der Waals surface area contributed by atoms with Gasteiger partial charge in [0.05, 0.1) is 17.4 Å². The monoisotopic (exact) mass is 283 g/mol. The van der Waals surface area contributed by atoms with Crippen molar-refractivity contribution in [3.05, 3.63) is 47.3 Å². The van der Waals surface area contributed by atoms with Gasteiger partial charge in [0.25, 0.3) is 5.91 Å². The first-order valence-electron chi connectivity index (χ1n) is 6.68. The van der Waals surface area contributed by atoms with Crippen LogP contribution < -0.4 is 5.32 Å². The Bertz CT molecular complexity index is 708. The van der Waals surface area contributed by atoms with E-state index in [1.165, 1.54) is 0 Å². The molecule has 0 saturated heterocycles. The molecular formula is C16H17N3O2. The summed E-state index contributed by atoms with van der Waals surface area (Å²) in [6.45, 7) is 4.41. The highest BCUT2D eigenvalue weighted by atomic mass is 16.2. The Morgan fingerprint density at radius 1 is 1.48 bits per heavy atom. The van der Waals surface area contributed by atoms with E-state index >= 15 is 0 Å². The van der Waals surface area contributed by atoms with E-state index in [9.17, 15) is 4.79 Å². The number of aryl methyl sites for hydroxylation is 2. The molecule has 0 unspecified atom stereocenters. The summed E-state index contributed by atoms with van der Waals surface area (Å²) in [6, 6.07) is 5.41. The van der Waals surface area contributed by atoms with Gasteiger partial charge >= 0.3 is 0 Å². The molecule has 2 N–H and O–H groups in total. The van der Waals surface area contributed by atoms with E-state index in [0.717, 1.165) is 12.1 Å². The third-order valence-corrected chi connectivity index (χ3v) is 2.94. The predicted octanol–water partition coefficient (Wildman–Crippen LogP) is 1.81. The van der Waals surface area contributed by atoms with E-state index in [0.29, 0.717) is 16.8 Å². The third kappa shape index (κ3) is 3.71. The van der Waals surface area contributed by atoms with Crippen molar-refractivity contribution in [3.8, 4) is 11.8 Å². The Labute approximate surface area is 123 Å². The zero-order chi connectivity index (χ0) is 15.2. The lowest BCUT2D eigenvalue weighted by molar-refractivity contribution is 0.102. The normalized spacial score (nSPS) is 9.86. The van der Waals surface area contributed by atoms with Crippen molar-refractivity contribution in [2.24, 2.45) is 0 Å². The molecule has 0 atom stereocenters. The third-order valence-electron chi connectivity index (χ3n) is 2.94. The van der Waals surface area contributed by atoms with E-state index in [-0.39, 0.29) is 12.5 Å². The summed E-state index contributed by atoms with van der Waals surface area (Å²) in [4.78, 5) is 12.3. The molecular weight excluding hydrogens is 266 g/mol. The number of nitrogens with one attached hydrogen (secondary N) is 1. The minimum Gasteiger partial charge on any atom is -0.384 e. The fraction of sp³-hybridized carbons (Fsp3) is 0.250. The van der Waals surface area contributed by atoms with E-state index in [4.69, 9.17) is 5.11 Å². The summed E-state index contributed by atoms with van der Waals surface area (Å²) < 4.78 is 1.73. The van der Waals surface area contributed by atoms with Gasteiger partial charge in [-0.3, -0.25) is 9.48 Å². The van der Waals surface area contributed by atoms with Crippen LogP contribution in [0.15, 0.2) is 30.6 Å². The van der Waals surface area contributed by atoms with Gasteiger partial charge in [0.15, 0.2) is 0 Å². The van der Waals surface area contributed by atoms with Crippen LogP contribution in [0.4, 0.5) is 5.69 Å². The van der Waals surface area contributed by atoms with Crippen LogP contribution >= 0.6 is 0 Å². The number of aromatic nitrogens is 2. The van der Waals surface area contributed by atoms with Gasteiger partial charge < -0.3 is 10.4 Å². The molecule has 0 saturated carbocycles. The molecule has 1 aromatic heterocycles. The molecule has 0 spiro atoms. The van der Waals surface area contributed by atoms with Gasteiger partial charge in [0, 0.05) is 18.3 Å². The lowest BCUT2D eigenvalue weighted by Gasteiger charge is -2.06. The van der Waals surface area contributed by atoms with Crippen molar-refractivity contribution in [2.75, 3.05) is 11.9 Å². The number of hydrogen-bond acceptors (Lipinski definition) is 3. The van der Waals surface area contributed by atoms with Gasteiger partial charge in [-0.15, -0.1) is 0 Å². The van der Waals surface area contributed by atoms with Crippen molar-refractivity contribution in [3.63, 3.8) is 0 Å². The average Bonchev–Trinajstić information content (AvgIpc) is 2.92. The van der Waals surface area contributed by atoms with Gasteiger partial charge in [-0.05, 0) is 31.5 Å². The van der Waals surface area contributed by atoms with E-state index in [1.54, 1.807) is 23.1 Å². The zero-order valence-electron chi connectivity index (χ0n) is 12.1. The number of carbonyl (C=O) groups excluding carboxylic acids is 1. The smallest absolute Gasteiger partial charge is 0.257 e. The van der Waals surface area contributed by atoms with Crippen LogP contribution in [-0.2, 0) is 6.54 Å². The number of benzene rings is 1. The van der Waals surface area contributed by atoms with Crippen LogP contribution in [-0.4, -0.2) is 27.4 Å². The highest BCUT2D eigenvalue weighted by Crippen LogP contribution is 2.14. The molecule has 0 aliphatic carbocycles. The molecule has 0 aliphatic rings. The molecule has 0 fully saturated rings. The highest BCUT2D eigenvalue weighted by molar-refractivity contribution is 6.05. The summed E-state index contributed by atoms with van der Waals surface area (Å²) in [7, 11) is 0. The number of carbonyl (C=O) groups is 1. The van der Waals surface area contributed by atoms with Crippen molar-refractivity contribution < 1.29 is 9.90 Å². The largest absolute Gasteiger partial charge is 0.384 e. The van der Waals surface area contributed by atoms with Gasteiger partial charge in [-0.1, -0.05) is 17.9 Å². The fourth-order valence-corrected chi connectivity index (χ4v) is 1.89. The predicted molar refractivity (Wildman–Crippen MR) is 81.0 cm³/mol. The quantitative estimate of drug-likeness (QED) is 0.844. The molecule has 0 aliphatic heterocycles. The maximum absolute atomic E-state index is 12.3. The van der Waals surface area contributed by atoms with Crippen LogP contribution in [0, 0.1) is 18.8 Å². The Morgan fingerprint density at radius 3 is 2.95 bits per heavy atom. The number of rotatable bonds is 3. The number of amides is 1. The summed E-state index contributed by atoms with van der Waals surface area (Å²) >= 11 is 0. The SMILES string of the molecule is CCn1cc(NC(=O)c2ccc(C)cc2C#CCO)cn1. The molecule has 5 nitrogen and oxygen atoms in total. The van der Waals surface area contributed by atoms with Crippen LogP contribution in [0.3, 0.4) is 0 Å². The zero-order valence-corrected chi connectivity index (χ0v) is 12.1. The maximum atomic E-state index is 12.3. The van der Waals surface area contributed by atoms with Crippen LogP contribution in [0.5, 0.6) is 0 Å². The molecule has 0 bridgehead atoms. The van der Waals surface area contributed by atoms with Crippen LogP contribution in [0.1, 0.15) is 28.4 Å². The molecule has 108 valence electrons. The molecule has 0 radical (unpaired) electrons. The van der Waals surface area contributed by atoms with Crippen LogP contribution in [0.25, 0.3) is 0 Å². The van der Waals surface area contributed by atoms with Gasteiger partial charge in [-0.2, -0.15) is 5.10 Å². The molecule has 5 heteroatoms. The number of aliphatic hydroxyl groups excluding tert-OH is 1. The summed E-state index contributed by atoms with van der Waals surface area (Å²) in [5.74, 6) is 5.14. The second-order valence-electron chi connectivity index (χ2n) is 4.55. The Balaban J connectivity index is 2.26. The minimum atomic E-state index is -0.243. The maximum Gasteiger partial charge on any atom is 0.257 e. The fourth-order valence-electron chi connectivity index (χ4n) is 1.89. The summed E-state index contributed by atoms with van der Waals surface area (Å²) in [5.41, 5.74) is 2.73. The number of anilines is 1. The first-order valence-corrected chi connectivity index (χ1v) is 6.68. The Hall–Kier alpha value is -2.58. The first-order chi connectivity index (χ1) is 10.1. The molecule has 2 rings (SSSR count). The number of hydrogen-bond donors (Lipinski definition) is 2. The van der Waals surface area contributed by atoms with Crippen LogP contribution in [0.2, 0.25) is 0 Å². The van der Waals surface area contributed by atoms with Gasteiger partial charge in [0.1, 0.15) is 6.61 Å². The molecule has 1 amide bonds.